The number of allylic oxidation sites excluding steroid dienone is 2. The maximum absolute atomic E-state index is 12.3. The molecule has 2 aromatic rings. The van der Waals surface area contributed by atoms with E-state index >= 15 is 0 Å². The number of amides is 1. The minimum absolute atomic E-state index is 0.00168. The molecular formula is C18H19N3O2. The summed E-state index contributed by atoms with van der Waals surface area (Å²) < 4.78 is 5.79. The minimum atomic E-state index is 0.00168. The van der Waals surface area contributed by atoms with E-state index in [9.17, 15) is 4.79 Å². The zero-order valence-electron chi connectivity index (χ0n) is 12.8. The van der Waals surface area contributed by atoms with Crippen molar-refractivity contribution in [3.63, 3.8) is 0 Å². The van der Waals surface area contributed by atoms with E-state index in [1.54, 1.807) is 24.7 Å². The average Bonchev–Trinajstić information content (AvgIpc) is 2.62. The van der Waals surface area contributed by atoms with E-state index in [2.05, 4.69) is 27.4 Å². The Hall–Kier alpha value is -2.69. The van der Waals surface area contributed by atoms with Crippen molar-refractivity contribution in [2.45, 2.75) is 25.9 Å². The lowest BCUT2D eigenvalue weighted by atomic mass is 9.94. The predicted molar refractivity (Wildman–Crippen MR) is 87.9 cm³/mol. The van der Waals surface area contributed by atoms with Crippen LogP contribution in [0.2, 0.25) is 0 Å². The number of hydrogen-bond donors (Lipinski definition) is 1. The van der Waals surface area contributed by atoms with Gasteiger partial charge in [0.15, 0.2) is 11.6 Å². The molecular weight excluding hydrogens is 290 g/mol. The number of pyridine rings is 2. The van der Waals surface area contributed by atoms with Gasteiger partial charge < -0.3 is 10.1 Å². The van der Waals surface area contributed by atoms with Crippen LogP contribution in [-0.2, 0) is 11.4 Å². The number of aromatic nitrogens is 2. The molecule has 0 saturated carbocycles. The highest BCUT2D eigenvalue weighted by molar-refractivity contribution is 5.93. The second kappa shape index (κ2) is 7.54. The molecule has 1 unspecified atom stereocenters. The largest absolute Gasteiger partial charge is 0.485 e. The zero-order chi connectivity index (χ0) is 15.9. The van der Waals surface area contributed by atoms with Crippen LogP contribution < -0.4 is 10.1 Å². The Morgan fingerprint density at radius 3 is 2.87 bits per heavy atom. The van der Waals surface area contributed by atoms with Crippen molar-refractivity contribution < 1.29 is 9.53 Å². The number of hydrogen-bond acceptors (Lipinski definition) is 4. The SMILES string of the molecule is O=C(Nc1ncccc1OCc1ccncc1)C1CC=CCC1. The number of nitrogens with one attached hydrogen (secondary N) is 1. The molecule has 1 aliphatic carbocycles. The first kappa shape index (κ1) is 15.2. The quantitative estimate of drug-likeness (QED) is 0.860. The molecule has 1 aliphatic rings. The van der Waals surface area contributed by atoms with Crippen LogP contribution in [0.5, 0.6) is 5.75 Å². The van der Waals surface area contributed by atoms with Gasteiger partial charge >= 0.3 is 0 Å². The lowest BCUT2D eigenvalue weighted by Gasteiger charge is -2.18. The van der Waals surface area contributed by atoms with E-state index in [1.165, 1.54) is 0 Å². The summed E-state index contributed by atoms with van der Waals surface area (Å²) in [4.78, 5) is 20.6. The summed E-state index contributed by atoms with van der Waals surface area (Å²) in [5.74, 6) is 1.06. The molecule has 0 bridgehead atoms. The fraction of sp³-hybridized carbons (Fsp3) is 0.278. The van der Waals surface area contributed by atoms with Crippen LogP contribution in [0.4, 0.5) is 5.82 Å². The Morgan fingerprint density at radius 2 is 2.09 bits per heavy atom. The van der Waals surface area contributed by atoms with Crippen molar-refractivity contribution in [1.82, 2.24) is 9.97 Å². The van der Waals surface area contributed by atoms with Gasteiger partial charge in [0.05, 0.1) is 0 Å². The monoisotopic (exact) mass is 309 g/mol. The lowest BCUT2D eigenvalue weighted by molar-refractivity contribution is -0.120. The van der Waals surface area contributed by atoms with Crippen LogP contribution >= 0.6 is 0 Å². The second-order valence-electron chi connectivity index (χ2n) is 5.46. The third kappa shape index (κ3) is 4.16. The van der Waals surface area contributed by atoms with Crippen molar-refractivity contribution in [3.05, 3.63) is 60.6 Å². The van der Waals surface area contributed by atoms with Gasteiger partial charge in [-0.1, -0.05) is 12.2 Å². The Bertz CT molecular complexity index is 686. The van der Waals surface area contributed by atoms with Crippen molar-refractivity contribution in [3.8, 4) is 5.75 Å². The summed E-state index contributed by atoms with van der Waals surface area (Å²) in [5.41, 5.74) is 1.01. The molecule has 0 fully saturated rings. The number of carbonyl (C=O) groups is 1. The molecule has 3 rings (SSSR count). The molecule has 23 heavy (non-hydrogen) atoms. The number of ether oxygens (including phenoxy) is 1. The van der Waals surface area contributed by atoms with Gasteiger partial charge in [-0.25, -0.2) is 4.98 Å². The molecule has 2 aromatic heterocycles. The van der Waals surface area contributed by atoms with Gasteiger partial charge in [0.25, 0.3) is 0 Å². The second-order valence-corrected chi connectivity index (χ2v) is 5.46. The molecule has 1 amide bonds. The molecule has 2 heterocycles. The Labute approximate surface area is 135 Å². The number of anilines is 1. The van der Waals surface area contributed by atoms with Gasteiger partial charge in [-0.3, -0.25) is 9.78 Å². The number of nitrogens with zero attached hydrogens (tertiary/aromatic N) is 2. The van der Waals surface area contributed by atoms with Gasteiger partial charge in [-0.05, 0) is 49.1 Å². The third-order valence-corrected chi connectivity index (χ3v) is 3.80. The highest BCUT2D eigenvalue weighted by atomic mass is 16.5. The first-order chi connectivity index (χ1) is 11.3. The van der Waals surface area contributed by atoms with Gasteiger partial charge in [0, 0.05) is 24.5 Å². The normalized spacial score (nSPS) is 16.8. The molecule has 0 aliphatic heterocycles. The summed E-state index contributed by atoms with van der Waals surface area (Å²) in [6.07, 6.45) is 11.9. The predicted octanol–water partition coefficient (Wildman–Crippen LogP) is 3.35. The first-order valence-electron chi connectivity index (χ1n) is 7.75. The van der Waals surface area contributed by atoms with Crippen LogP contribution in [0.15, 0.2) is 55.0 Å². The van der Waals surface area contributed by atoms with E-state index in [4.69, 9.17) is 4.74 Å². The number of rotatable bonds is 5. The fourth-order valence-electron chi connectivity index (χ4n) is 2.49. The molecule has 1 atom stereocenters. The van der Waals surface area contributed by atoms with E-state index in [0.29, 0.717) is 18.2 Å². The molecule has 0 radical (unpaired) electrons. The van der Waals surface area contributed by atoms with E-state index in [1.807, 2.05) is 18.2 Å². The molecule has 5 nitrogen and oxygen atoms in total. The van der Waals surface area contributed by atoms with Gasteiger partial charge in [-0.15, -0.1) is 0 Å². The van der Waals surface area contributed by atoms with Gasteiger partial charge in [0.2, 0.25) is 5.91 Å². The van der Waals surface area contributed by atoms with E-state index in [-0.39, 0.29) is 11.8 Å². The minimum Gasteiger partial charge on any atom is -0.485 e. The van der Waals surface area contributed by atoms with Crippen LogP contribution in [0.25, 0.3) is 0 Å². The highest BCUT2D eigenvalue weighted by Gasteiger charge is 2.20. The average molecular weight is 309 g/mol. The molecule has 0 spiro atoms. The van der Waals surface area contributed by atoms with E-state index < -0.39 is 0 Å². The van der Waals surface area contributed by atoms with Crippen molar-refractivity contribution in [2.75, 3.05) is 5.32 Å². The molecule has 1 N–H and O–H groups in total. The van der Waals surface area contributed by atoms with Crippen LogP contribution in [0, 0.1) is 5.92 Å². The maximum Gasteiger partial charge on any atom is 0.229 e. The smallest absolute Gasteiger partial charge is 0.229 e. The summed E-state index contributed by atoms with van der Waals surface area (Å²) in [6, 6.07) is 7.39. The Morgan fingerprint density at radius 1 is 1.22 bits per heavy atom. The fourth-order valence-corrected chi connectivity index (χ4v) is 2.49. The zero-order valence-corrected chi connectivity index (χ0v) is 12.8. The Kier molecular flexibility index (Phi) is 4.99. The van der Waals surface area contributed by atoms with Crippen molar-refractivity contribution in [2.24, 2.45) is 5.92 Å². The van der Waals surface area contributed by atoms with Crippen LogP contribution in [0.1, 0.15) is 24.8 Å². The maximum atomic E-state index is 12.3. The Balaban J connectivity index is 1.65. The standard InChI is InChI=1S/C18H19N3O2/c22-18(15-5-2-1-3-6-15)21-17-16(7-4-10-20-17)23-13-14-8-11-19-12-9-14/h1-2,4,7-12,15H,3,5-6,13H2,(H,20,21,22). The summed E-state index contributed by atoms with van der Waals surface area (Å²) >= 11 is 0. The molecule has 0 aromatic carbocycles. The van der Waals surface area contributed by atoms with Gasteiger partial charge in [-0.2, -0.15) is 0 Å². The molecule has 118 valence electrons. The molecule has 0 saturated heterocycles. The summed E-state index contributed by atoms with van der Waals surface area (Å²) in [6.45, 7) is 0.406. The summed E-state index contributed by atoms with van der Waals surface area (Å²) in [7, 11) is 0. The van der Waals surface area contributed by atoms with Gasteiger partial charge in [0.1, 0.15) is 6.61 Å². The van der Waals surface area contributed by atoms with Crippen LogP contribution in [0.3, 0.4) is 0 Å². The highest BCUT2D eigenvalue weighted by Crippen LogP contribution is 2.25. The van der Waals surface area contributed by atoms with E-state index in [0.717, 1.165) is 24.8 Å². The van der Waals surface area contributed by atoms with Crippen molar-refractivity contribution in [1.29, 1.82) is 0 Å². The van der Waals surface area contributed by atoms with Crippen molar-refractivity contribution >= 4 is 11.7 Å². The third-order valence-electron chi connectivity index (χ3n) is 3.80. The summed E-state index contributed by atoms with van der Waals surface area (Å²) in [5, 5.41) is 2.90. The lowest BCUT2D eigenvalue weighted by Crippen LogP contribution is -2.24. The molecule has 5 heteroatoms. The first-order valence-corrected chi connectivity index (χ1v) is 7.75. The van der Waals surface area contributed by atoms with Crippen LogP contribution in [-0.4, -0.2) is 15.9 Å². The number of carbonyl (C=O) groups excluding carboxylic acids is 1. The topological polar surface area (TPSA) is 64.1 Å².